The second kappa shape index (κ2) is 7.12. The van der Waals surface area contributed by atoms with Gasteiger partial charge in [-0.2, -0.15) is 0 Å². The van der Waals surface area contributed by atoms with Crippen LogP contribution >= 0.6 is 0 Å². The number of aryl methyl sites for hydroxylation is 1. The van der Waals surface area contributed by atoms with Crippen molar-refractivity contribution in [3.8, 4) is 0 Å². The Morgan fingerprint density at radius 1 is 1.30 bits per heavy atom. The highest BCUT2D eigenvalue weighted by Gasteiger charge is 2.29. The number of nitrogens with zero attached hydrogens (tertiary/aromatic N) is 1. The minimum absolute atomic E-state index is 0.783. The minimum Gasteiger partial charge on any atom is -0.369 e. The standard InChI is InChI=1S/C18H30N2/c1-5-19-13-16-6-7-18(12-15(16)4)20(17-8-9-17)11-10-14(2)3/h6-7,12,14,17,19H,5,8-11,13H2,1-4H3. The van der Waals surface area contributed by atoms with Crippen LogP contribution in [0.3, 0.4) is 0 Å². The molecular formula is C18H30N2. The van der Waals surface area contributed by atoms with E-state index in [2.05, 4.69) is 56.1 Å². The molecule has 2 rings (SSSR count). The highest BCUT2D eigenvalue weighted by molar-refractivity contribution is 5.52. The molecule has 1 aromatic carbocycles. The summed E-state index contributed by atoms with van der Waals surface area (Å²) in [6.07, 6.45) is 4.03. The van der Waals surface area contributed by atoms with Crippen LogP contribution in [0.15, 0.2) is 18.2 Å². The molecule has 2 nitrogen and oxygen atoms in total. The zero-order valence-electron chi connectivity index (χ0n) is 13.6. The van der Waals surface area contributed by atoms with E-state index in [9.17, 15) is 0 Å². The topological polar surface area (TPSA) is 15.3 Å². The van der Waals surface area contributed by atoms with Gasteiger partial charge < -0.3 is 10.2 Å². The number of rotatable bonds is 8. The lowest BCUT2D eigenvalue weighted by Crippen LogP contribution is -2.27. The second-order valence-corrected chi connectivity index (χ2v) is 6.50. The molecule has 0 aliphatic heterocycles. The molecule has 0 heterocycles. The van der Waals surface area contributed by atoms with Crippen molar-refractivity contribution in [1.82, 2.24) is 5.32 Å². The van der Waals surface area contributed by atoms with Crippen molar-refractivity contribution < 1.29 is 0 Å². The number of hydrogen-bond donors (Lipinski definition) is 1. The van der Waals surface area contributed by atoms with Crippen molar-refractivity contribution in [2.45, 2.75) is 59.5 Å². The lowest BCUT2D eigenvalue weighted by molar-refractivity contribution is 0.570. The third kappa shape index (κ3) is 4.24. The number of benzene rings is 1. The van der Waals surface area contributed by atoms with Crippen LogP contribution in [-0.4, -0.2) is 19.1 Å². The summed E-state index contributed by atoms with van der Waals surface area (Å²) in [6, 6.07) is 7.80. The van der Waals surface area contributed by atoms with Gasteiger partial charge in [-0.05, 0) is 61.9 Å². The highest BCUT2D eigenvalue weighted by Crippen LogP contribution is 2.33. The average molecular weight is 274 g/mol. The molecule has 1 aliphatic carbocycles. The van der Waals surface area contributed by atoms with Gasteiger partial charge in [0, 0.05) is 24.8 Å². The van der Waals surface area contributed by atoms with E-state index in [4.69, 9.17) is 0 Å². The second-order valence-electron chi connectivity index (χ2n) is 6.50. The van der Waals surface area contributed by atoms with Gasteiger partial charge in [0.15, 0.2) is 0 Å². The van der Waals surface area contributed by atoms with Crippen LogP contribution in [-0.2, 0) is 6.54 Å². The van der Waals surface area contributed by atoms with Crippen molar-refractivity contribution in [3.63, 3.8) is 0 Å². The first kappa shape index (κ1) is 15.4. The molecule has 0 spiro atoms. The van der Waals surface area contributed by atoms with E-state index in [0.29, 0.717) is 0 Å². The van der Waals surface area contributed by atoms with Crippen LogP contribution in [0.1, 0.15) is 51.2 Å². The number of anilines is 1. The molecule has 0 saturated heterocycles. The van der Waals surface area contributed by atoms with E-state index in [-0.39, 0.29) is 0 Å². The first-order valence-corrected chi connectivity index (χ1v) is 8.18. The van der Waals surface area contributed by atoms with Gasteiger partial charge in [0.1, 0.15) is 0 Å². The maximum Gasteiger partial charge on any atom is 0.0371 e. The number of hydrogen-bond acceptors (Lipinski definition) is 2. The SMILES string of the molecule is CCNCc1ccc(N(CCC(C)C)C2CC2)cc1C. The Morgan fingerprint density at radius 2 is 2.05 bits per heavy atom. The maximum atomic E-state index is 3.42. The van der Waals surface area contributed by atoms with Crippen LogP contribution in [0, 0.1) is 12.8 Å². The zero-order valence-corrected chi connectivity index (χ0v) is 13.6. The molecule has 0 aromatic heterocycles. The Labute approximate surface area is 124 Å². The molecule has 0 unspecified atom stereocenters. The van der Waals surface area contributed by atoms with Gasteiger partial charge in [0.05, 0.1) is 0 Å². The quantitative estimate of drug-likeness (QED) is 0.767. The first-order valence-electron chi connectivity index (χ1n) is 8.18. The molecule has 0 radical (unpaired) electrons. The molecule has 112 valence electrons. The van der Waals surface area contributed by atoms with Gasteiger partial charge >= 0.3 is 0 Å². The van der Waals surface area contributed by atoms with Gasteiger partial charge in [0.25, 0.3) is 0 Å². The van der Waals surface area contributed by atoms with Crippen molar-refractivity contribution in [3.05, 3.63) is 29.3 Å². The molecule has 1 fully saturated rings. The fourth-order valence-electron chi connectivity index (χ4n) is 2.62. The molecule has 0 amide bonds. The Morgan fingerprint density at radius 3 is 2.60 bits per heavy atom. The van der Waals surface area contributed by atoms with Gasteiger partial charge in [-0.1, -0.05) is 26.8 Å². The molecule has 0 bridgehead atoms. The van der Waals surface area contributed by atoms with Crippen molar-refractivity contribution in [2.24, 2.45) is 5.92 Å². The van der Waals surface area contributed by atoms with Gasteiger partial charge in [-0.25, -0.2) is 0 Å². The molecular weight excluding hydrogens is 244 g/mol. The molecule has 1 saturated carbocycles. The molecule has 1 N–H and O–H groups in total. The van der Waals surface area contributed by atoms with Crippen LogP contribution in [0.25, 0.3) is 0 Å². The van der Waals surface area contributed by atoms with E-state index in [1.807, 2.05) is 0 Å². The smallest absolute Gasteiger partial charge is 0.0371 e. The Balaban J connectivity index is 2.06. The summed E-state index contributed by atoms with van der Waals surface area (Å²) in [5.41, 5.74) is 4.26. The minimum atomic E-state index is 0.783. The lowest BCUT2D eigenvalue weighted by Gasteiger charge is -2.26. The zero-order chi connectivity index (χ0) is 14.5. The Hall–Kier alpha value is -1.02. The van der Waals surface area contributed by atoms with Crippen molar-refractivity contribution >= 4 is 5.69 Å². The molecule has 20 heavy (non-hydrogen) atoms. The molecule has 2 heteroatoms. The van der Waals surface area contributed by atoms with Crippen molar-refractivity contribution in [2.75, 3.05) is 18.0 Å². The monoisotopic (exact) mass is 274 g/mol. The first-order chi connectivity index (χ1) is 9.61. The Kier molecular flexibility index (Phi) is 5.47. The van der Waals surface area contributed by atoms with E-state index >= 15 is 0 Å². The predicted molar refractivity (Wildman–Crippen MR) is 88.4 cm³/mol. The summed E-state index contributed by atoms with van der Waals surface area (Å²) in [5, 5.41) is 3.42. The summed E-state index contributed by atoms with van der Waals surface area (Å²) in [5.74, 6) is 0.783. The largest absolute Gasteiger partial charge is 0.369 e. The summed E-state index contributed by atoms with van der Waals surface area (Å²) in [6.45, 7) is 12.2. The third-order valence-corrected chi connectivity index (χ3v) is 4.16. The third-order valence-electron chi connectivity index (χ3n) is 4.16. The van der Waals surface area contributed by atoms with Gasteiger partial charge in [0.2, 0.25) is 0 Å². The van der Waals surface area contributed by atoms with Crippen LogP contribution < -0.4 is 10.2 Å². The van der Waals surface area contributed by atoms with Crippen LogP contribution in [0.2, 0.25) is 0 Å². The van der Waals surface area contributed by atoms with Crippen LogP contribution in [0.4, 0.5) is 5.69 Å². The highest BCUT2D eigenvalue weighted by atomic mass is 15.2. The lowest BCUT2D eigenvalue weighted by atomic mass is 10.1. The van der Waals surface area contributed by atoms with Gasteiger partial charge in [-0.15, -0.1) is 0 Å². The summed E-state index contributed by atoms with van der Waals surface area (Å²) < 4.78 is 0. The van der Waals surface area contributed by atoms with E-state index in [0.717, 1.165) is 25.0 Å². The van der Waals surface area contributed by atoms with E-state index < -0.39 is 0 Å². The van der Waals surface area contributed by atoms with E-state index in [1.54, 1.807) is 0 Å². The Bertz CT molecular complexity index is 421. The molecule has 1 aromatic rings. The maximum absolute atomic E-state index is 3.42. The van der Waals surface area contributed by atoms with Crippen molar-refractivity contribution in [1.29, 1.82) is 0 Å². The van der Waals surface area contributed by atoms with E-state index in [1.165, 1.54) is 42.6 Å². The molecule has 0 atom stereocenters. The summed E-state index contributed by atoms with van der Waals surface area (Å²) in [4.78, 5) is 2.63. The molecule has 1 aliphatic rings. The fourth-order valence-corrected chi connectivity index (χ4v) is 2.62. The average Bonchev–Trinajstić information content (AvgIpc) is 3.22. The van der Waals surface area contributed by atoms with Gasteiger partial charge in [-0.3, -0.25) is 0 Å². The normalized spacial score (nSPS) is 14.8. The predicted octanol–water partition coefficient (Wildman–Crippen LogP) is 4.12. The number of nitrogens with one attached hydrogen (secondary N) is 1. The summed E-state index contributed by atoms with van der Waals surface area (Å²) in [7, 11) is 0. The summed E-state index contributed by atoms with van der Waals surface area (Å²) >= 11 is 0. The fraction of sp³-hybridized carbons (Fsp3) is 0.667. The van der Waals surface area contributed by atoms with Crippen LogP contribution in [0.5, 0.6) is 0 Å².